The van der Waals surface area contributed by atoms with E-state index in [1.807, 2.05) is 54.6 Å². The Labute approximate surface area is 318 Å². The number of hydrogen-bond donors (Lipinski definition) is 0. The highest BCUT2D eigenvalue weighted by Gasteiger charge is 2.30. The molecule has 9 nitrogen and oxygen atoms in total. The van der Waals surface area contributed by atoms with E-state index in [-0.39, 0.29) is 47.7 Å². The van der Waals surface area contributed by atoms with Gasteiger partial charge in [0.05, 0.1) is 46.2 Å². The lowest BCUT2D eigenvalue weighted by Gasteiger charge is -2.35. The molecule has 0 aliphatic carbocycles. The number of nitriles is 1. The summed E-state index contributed by atoms with van der Waals surface area (Å²) in [6.07, 6.45) is 4.21. The summed E-state index contributed by atoms with van der Waals surface area (Å²) in [5, 5.41) is 12.2. The molecule has 0 saturated carbocycles. The van der Waals surface area contributed by atoms with E-state index >= 15 is 0 Å². The first-order chi connectivity index (χ1) is 24.9. The minimum absolute atomic E-state index is 0.174. The molecule has 0 radical (unpaired) electrons. The Morgan fingerprint density at radius 3 is 2.37 bits per heavy atom. The molecule has 1 heterocycles. The Hall–Kier alpha value is -4.14. The lowest BCUT2D eigenvalue weighted by Crippen LogP contribution is -2.43. The van der Waals surface area contributed by atoms with Crippen LogP contribution in [0.4, 0.5) is 0 Å². The number of piperidine rings is 1. The Morgan fingerprint density at radius 2 is 1.73 bits per heavy atom. The largest absolute Gasteiger partial charge is 0.497 e. The molecule has 0 N–H and O–H groups in total. The predicted octanol–water partition coefficient (Wildman–Crippen LogP) is 7.36. The van der Waals surface area contributed by atoms with Gasteiger partial charge in [-0.1, -0.05) is 59.6 Å². The summed E-state index contributed by atoms with van der Waals surface area (Å²) in [5.74, 6) is 0.298. The number of methoxy groups -OCH3 is 2. The van der Waals surface area contributed by atoms with Crippen LogP contribution >= 0.6 is 23.2 Å². The zero-order valence-electron chi connectivity index (χ0n) is 30.2. The van der Waals surface area contributed by atoms with Gasteiger partial charge in [-0.25, -0.2) is 0 Å². The highest BCUT2D eigenvalue weighted by molar-refractivity contribution is 7.84. The van der Waals surface area contributed by atoms with E-state index in [1.54, 1.807) is 44.5 Å². The SMILES string of the molecule is COc1ccc(C2CCN(CCC(CN(CC(=O)N(C)C)C(=O)c3c(OC)c(C#N)cc4ccccc34)c3ccc(Cl)c(Cl)c3)CC2)c([S@](C)=O)c1. The number of hydrogen-bond acceptors (Lipinski definition) is 7. The van der Waals surface area contributed by atoms with E-state index in [9.17, 15) is 19.1 Å². The van der Waals surface area contributed by atoms with Crippen LogP contribution in [0, 0.1) is 11.3 Å². The molecule has 1 aliphatic heterocycles. The van der Waals surface area contributed by atoms with Crippen molar-refractivity contribution in [1.29, 1.82) is 5.26 Å². The van der Waals surface area contributed by atoms with E-state index in [1.165, 1.54) is 12.0 Å². The fraction of sp³-hybridized carbons (Fsp3) is 0.375. The van der Waals surface area contributed by atoms with E-state index in [0.29, 0.717) is 27.6 Å². The van der Waals surface area contributed by atoms with Gasteiger partial charge in [-0.15, -0.1) is 0 Å². The van der Waals surface area contributed by atoms with Crippen LogP contribution in [0.1, 0.15) is 58.1 Å². The molecule has 12 heteroatoms. The quantitative estimate of drug-likeness (QED) is 0.140. The average Bonchev–Trinajstić information content (AvgIpc) is 3.15. The van der Waals surface area contributed by atoms with Gasteiger partial charge in [-0.2, -0.15) is 5.26 Å². The number of ether oxygens (including phenoxy) is 2. The molecular formula is C40H44Cl2N4O5S. The number of halogens is 2. The third kappa shape index (κ3) is 8.89. The molecule has 52 heavy (non-hydrogen) atoms. The Kier molecular flexibility index (Phi) is 13.2. The lowest BCUT2D eigenvalue weighted by molar-refractivity contribution is -0.129. The molecule has 274 valence electrons. The Bertz CT molecular complexity index is 2010. The van der Waals surface area contributed by atoms with Crippen LogP contribution in [0.3, 0.4) is 0 Å². The van der Waals surface area contributed by atoms with Gasteiger partial charge in [0, 0.05) is 37.7 Å². The van der Waals surface area contributed by atoms with Gasteiger partial charge < -0.3 is 24.2 Å². The minimum Gasteiger partial charge on any atom is -0.497 e. The van der Waals surface area contributed by atoms with Crippen LogP contribution in [0.5, 0.6) is 11.5 Å². The first kappa shape index (κ1) is 39.1. The lowest BCUT2D eigenvalue weighted by atomic mass is 9.88. The van der Waals surface area contributed by atoms with Crippen LogP contribution in [0.2, 0.25) is 10.0 Å². The standard InChI is InChI=1S/C40H44Cl2N4O5S/c1-44(2)37(47)25-46(40(48)38-33-9-7-6-8-28(33)20-30(23-43)39(38)51-4)24-29(27-10-13-34(41)35(42)21-27)16-19-45-17-14-26(15-18-45)32-12-11-31(50-3)22-36(32)52(5)49/h6-13,20-22,26,29H,14-19,24-25H2,1-5H3/t29?,52-/m0/s1. The van der Waals surface area contributed by atoms with Crippen molar-refractivity contribution in [3.8, 4) is 17.6 Å². The van der Waals surface area contributed by atoms with Crippen LogP contribution in [-0.2, 0) is 15.6 Å². The molecule has 2 atom stereocenters. The molecular weight excluding hydrogens is 719 g/mol. The minimum atomic E-state index is -1.14. The van der Waals surface area contributed by atoms with E-state index in [0.717, 1.165) is 53.9 Å². The second-order valence-electron chi connectivity index (χ2n) is 13.3. The topological polar surface area (TPSA) is 103 Å². The third-order valence-corrected chi connectivity index (χ3v) is 11.6. The fourth-order valence-electron chi connectivity index (χ4n) is 6.95. The normalized spacial score (nSPS) is 14.7. The summed E-state index contributed by atoms with van der Waals surface area (Å²) in [6, 6.07) is 22.6. The molecule has 4 aromatic carbocycles. The molecule has 5 rings (SSSR count). The molecule has 1 saturated heterocycles. The van der Waals surface area contributed by atoms with Crippen molar-refractivity contribution in [3.63, 3.8) is 0 Å². The Morgan fingerprint density at radius 1 is 1.00 bits per heavy atom. The summed E-state index contributed by atoms with van der Waals surface area (Å²) in [5.41, 5.74) is 2.48. The molecule has 0 bridgehead atoms. The number of fused-ring (bicyclic) bond motifs is 1. The zero-order chi connectivity index (χ0) is 37.5. The smallest absolute Gasteiger partial charge is 0.258 e. The predicted molar refractivity (Wildman–Crippen MR) is 207 cm³/mol. The number of carbonyl (C=O) groups excluding carboxylic acids is 2. The van der Waals surface area contributed by atoms with E-state index < -0.39 is 16.7 Å². The average molecular weight is 764 g/mol. The number of carbonyl (C=O) groups is 2. The van der Waals surface area contributed by atoms with Crippen molar-refractivity contribution in [1.82, 2.24) is 14.7 Å². The summed E-state index contributed by atoms with van der Waals surface area (Å²) in [7, 11) is 5.23. The van der Waals surface area contributed by atoms with Crippen LogP contribution in [-0.4, -0.2) is 98.0 Å². The van der Waals surface area contributed by atoms with Gasteiger partial charge in [-0.05, 0) is 97.0 Å². The number of likely N-dealkylation sites (tertiary alicyclic amines) is 1. The molecule has 1 fully saturated rings. The van der Waals surface area contributed by atoms with Crippen molar-refractivity contribution in [3.05, 3.63) is 99.0 Å². The second-order valence-corrected chi connectivity index (χ2v) is 15.4. The van der Waals surface area contributed by atoms with Crippen molar-refractivity contribution in [2.45, 2.75) is 36.0 Å². The summed E-state index contributed by atoms with van der Waals surface area (Å²) in [4.78, 5) is 34.3. The van der Waals surface area contributed by atoms with Gasteiger partial charge in [0.15, 0.2) is 0 Å². The molecule has 1 unspecified atom stereocenters. The van der Waals surface area contributed by atoms with E-state index in [2.05, 4.69) is 11.0 Å². The maximum Gasteiger partial charge on any atom is 0.258 e. The number of nitrogens with zero attached hydrogens (tertiary/aromatic N) is 4. The fourth-order valence-corrected chi connectivity index (χ4v) is 8.10. The van der Waals surface area contributed by atoms with Crippen molar-refractivity contribution < 1.29 is 23.3 Å². The number of likely N-dealkylation sites (N-methyl/N-ethyl adjacent to an activating group) is 1. The molecule has 0 spiro atoms. The van der Waals surface area contributed by atoms with Crippen molar-refractivity contribution in [2.24, 2.45) is 0 Å². The number of amides is 2. The monoisotopic (exact) mass is 762 g/mol. The highest BCUT2D eigenvalue weighted by atomic mass is 35.5. The maximum atomic E-state index is 14.7. The summed E-state index contributed by atoms with van der Waals surface area (Å²) >= 11 is 12.9. The Balaban J connectivity index is 1.43. The van der Waals surface area contributed by atoms with Gasteiger partial charge in [0.2, 0.25) is 5.91 Å². The van der Waals surface area contributed by atoms with Crippen LogP contribution < -0.4 is 9.47 Å². The van der Waals surface area contributed by atoms with E-state index in [4.69, 9.17) is 32.7 Å². The van der Waals surface area contributed by atoms with Crippen molar-refractivity contribution in [2.75, 3.05) is 67.3 Å². The summed E-state index contributed by atoms with van der Waals surface area (Å²) < 4.78 is 23.7. The first-order valence-corrected chi connectivity index (χ1v) is 19.4. The second kappa shape index (κ2) is 17.6. The number of benzene rings is 4. The highest BCUT2D eigenvalue weighted by Crippen LogP contribution is 2.37. The van der Waals surface area contributed by atoms with Crippen LogP contribution in [0.25, 0.3) is 10.8 Å². The molecule has 4 aromatic rings. The molecule has 2 amide bonds. The molecule has 1 aliphatic rings. The number of rotatable bonds is 13. The van der Waals surface area contributed by atoms with Gasteiger partial charge in [0.1, 0.15) is 24.1 Å². The summed E-state index contributed by atoms with van der Waals surface area (Å²) in [6.45, 7) is 2.48. The third-order valence-electron chi connectivity index (χ3n) is 9.86. The maximum absolute atomic E-state index is 14.7. The first-order valence-electron chi connectivity index (χ1n) is 17.1. The van der Waals surface area contributed by atoms with Crippen LogP contribution in [0.15, 0.2) is 71.6 Å². The van der Waals surface area contributed by atoms with Gasteiger partial charge in [0.25, 0.3) is 5.91 Å². The van der Waals surface area contributed by atoms with Gasteiger partial charge >= 0.3 is 0 Å². The van der Waals surface area contributed by atoms with Crippen molar-refractivity contribution >= 4 is 56.6 Å². The molecule has 0 aromatic heterocycles. The zero-order valence-corrected chi connectivity index (χ0v) is 32.5. The van der Waals surface area contributed by atoms with Gasteiger partial charge in [-0.3, -0.25) is 13.8 Å².